The van der Waals surface area contributed by atoms with Crippen molar-refractivity contribution in [3.63, 3.8) is 0 Å². The quantitative estimate of drug-likeness (QED) is 0.555. The topological polar surface area (TPSA) is 34.1 Å². The second kappa shape index (κ2) is 7.39. The molecule has 0 bridgehead atoms. The van der Waals surface area contributed by atoms with Crippen molar-refractivity contribution in [2.45, 2.75) is 30.6 Å². The van der Waals surface area contributed by atoms with E-state index < -0.39 is 9.84 Å². The van der Waals surface area contributed by atoms with Crippen molar-refractivity contribution in [1.82, 2.24) is 0 Å². The van der Waals surface area contributed by atoms with Crippen molar-refractivity contribution in [1.29, 1.82) is 0 Å². The lowest BCUT2D eigenvalue weighted by Gasteiger charge is -2.04. The second-order valence-electron chi connectivity index (χ2n) is 3.88. The van der Waals surface area contributed by atoms with E-state index in [-0.39, 0.29) is 5.75 Å². The molecule has 0 unspecified atom stereocenters. The summed E-state index contributed by atoms with van der Waals surface area (Å²) >= 11 is 8.84. The van der Waals surface area contributed by atoms with Gasteiger partial charge in [-0.1, -0.05) is 28.8 Å². The average molecular weight is 340 g/mol. The Morgan fingerprint density at radius 2 is 1.59 bits per heavy atom. The first-order valence-electron chi connectivity index (χ1n) is 5.60. The summed E-state index contributed by atoms with van der Waals surface area (Å²) in [5.74, 6) is 0.871. The van der Waals surface area contributed by atoms with Crippen LogP contribution in [0.4, 0.5) is 0 Å². The van der Waals surface area contributed by atoms with Crippen LogP contribution in [0.15, 0.2) is 33.6 Å². The zero-order valence-electron chi connectivity index (χ0n) is 9.53. The largest absolute Gasteiger partial charge is 0.224 e. The maximum absolute atomic E-state index is 11.9. The van der Waals surface area contributed by atoms with Crippen LogP contribution in [-0.4, -0.2) is 20.1 Å². The molecule has 1 aromatic carbocycles. The van der Waals surface area contributed by atoms with Gasteiger partial charge >= 0.3 is 0 Å². The van der Waals surface area contributed by atoms with E-state index in [0.717, 1.165) is 23.7 Å². The van der Waals surface area contributed by atoms with Gasteiger partial charge in [0.1, 0.15) is 0 Å². The molecule has 96 valence electrons. The number of unbranched alkanes of at least 4 members (excludes halogenated alkanes) is 3. The molecule has 0 aliphatic rings. The Hall–Kier alpha value is -0.0600. The van der Waals surface area contributed by atoms with Gasteiger partial charge in [-0.15, -0.1) is 11.6 Å². The summed E-state index contributed by atoms with van der Waals surface area (Å²) in [6.07, 6.45) is 3.58. The average Bonchev–Trinajstić information content (AvgIpc) is 2.29. The lowest BCUT2D eigenvalue weighted by molar-refractivity contribution is 0.589. The van der Waals surface area contributed by atoms with E-state index >= 15 is 0 Å². The van der Waals surface area contributed by atoms with E-state index in [4.69, 9.17) is 11.6 Å². The van der Waals surface area contributed by atoms with Gasteiger partial charge in [0.15, 0.2) is 9.84 Å². The fraction of sp³-hybridized carbons (Fsp3) is 0.500. The molecule has 0 atom stereocenters. The van der Waals surface area contributed by atoms with Gasteiger partial charge in [0.05, 0.1) is 10.6 Å². The van der Waals surface area contributed by atoms with Crippen LogP contribution in [0.25, 0.3) is 0 Å². The summed E-state index contributed by atoms with van der Waals surface area (Å²) in [6.45, 7) is 0. The number of halogens is 2. The molecule has 0 aliphatic carbocycles. The summed E-state index contributed by atoms with van der Waals surface area (Å²) in [6, 6.07) is 6.77. The third-order valence-electron chi connectivity index (χ3n) is 2.47. The van der Waals surface area contributed by atoms with Crippen molar-refractivity contribution < 1.29 is 8.42 Å². The fourth-order valence-corrected chi connectivity index (χ4v) is 3.32. The Morgan fingerprint density at radius 3 is 2.18 bits per heavy atom. The molecule has 0 saturated heterocycles. The minimum Gasteiger partial charge on any atom is -0.224 e. The van der Waals surface area contributed by atoms with Gasteiger partial charge in [0.25, 0.3) is 0 Å². The molecule has 17 heavy (non-hydrogen) atoms. The molecule has 0 aliphatic heterocycles. The zero-order valence-corrected chi connectivity index (χ0v) is 12.7. The normalized spacial score (nSPS) is 11.6. The van der Waals surface area contributed by atoms with Crippen LogP contribution in [0.3, 0.4) is 0 Å². The molecule has 0 amide bonds. The predicted molar refractivity (Wildman–Crippen MR) is 75.4 cm³/mol. The Bertz CT molecular complexity index is 428. The van der Waals surface area contributed by atoms with Crippen molar-refractivity contribution in [3.8, 4) is 0 Å². The summed E-state index contributed by atoms with van der Waals surface area (Å²) in [7, 11) is -3.12. The zero-order chi connectivity index (χ0) is 12.7. The summed E-state index contributed by atoms with van der Waals surface area (Å²) in [5.41, 5.74) is 0. The predicted octanol–water partition coefficient (Wildman–Crippen LogP) is 4.02. The highest BCUT2D eigenvalue weighted by Gasteiger charge is 2.13. The van der Waals surface area contributed by atoms with Gasteiger partial charge in [0, 0.05) is 10.4 Å². The molecule has 0 spiro atoms. The Labute approximate surface area is 116 Å². The van der Waals surface area contributed by atoms with E-state index in [0.29, 0.717) is 17.2 Å². The van der Waals surface area contributed by atoms with Crippen LogP contribution >= 0.6 is 27.5 Å². The lowest BCUT2D eigenvalue weighted by atomic mass is 10.2. The summed E-state index contributed by atoms with van der Waals surface area (Å²) < 4.78 is 24.8. The minimum atomic E-state index is -3.12. The molecular weight excluding hydrogens is 324 g/mol. The molecule has 0 aromatic heterocycles. The summed E-state index contributed by atoms with van der Waals surface area (Å²) in [4.78, 5) is 0.401. The SMILES string of the molecule is O=S(=O)(CCCCCCCl)c1ccc(Br)cc1. The molecule has 2 nitrogen and oxygen atoms in total. The van der Waals surface area contributed by atoms with E-state index in [1.807, 2.05) is 0 Å². The van der Waals surface area contributed by atoms with Gasteiger partial charge in [-0.2, -0.15) is 0 Å². The maximum atomic E-state index is 11.9. The van der Waals surface area contributed by atoms with Crippen molar-refractivity contribution in [2.24, 2.45) is 0 Å². The van der Waals surface area contributed by atoms with Gasteiger partial charge in [0.2, 0.25) is 0 Å². The molecular formula is C12H16BrClO2S. The number of alkyl halides is 1. The van der Waals surface area contributed by atoms with Crippen LogP contribution in [0.2, 0.25) is 0 Å². The van der Waals surface area contributed by atoms with E-state index in [1.165, 1.54) is 0 Å². The number of sulfone groups is 1. The second-order valence-corrected chi connectivity index (χ2v) is 7.28. The first-order valence-corrected chi connectivity index (χ1v) is 8.58. The van der Waals surface area contributed by atoms with Gasteiger partial charge in [-0.25, -0.2) is 8.42 Å². The molecule has 1 aromatic rings. The van der Waals surface area contributed by atoms with Gasteiger partial charge < -0.3 is 0 Å². The minimum absolute atomic E-state index is 0.219. The highest BCUT2D eigenvalue weighted by Crippen LogP contribution is 2.17. The Kier molecular flexibility index (Phi) is 6.52. The van der Waals surface area contributed by atoms with Crippen LogP contribution in [-0.2, 0) is 9.84 Å². The molecule has 0 radical (unpaired) electrons. The molecule has 0 N–H and O–H groups in total. The first kappa shape index (κ1) is 15.0. The highest BCUT2D eigenvalue weighted by molar-refractivity contribution is 9.10. The van der Waals surface area contributed by atoms with E-state index in [9.17, 15) is 8.42 Å². The van der Waals surface area contributed by atoms with Crippen LogP contribution < -0.4 is 0 Å². The van der Waals surface area contributed by atoms with Crippen LogP contribution in [0, 0.1) is 0 Å². The molecule has 0 heterocycles. The summed E-state index contributed by atoms with van der Waals surface area (Å²) in [5, 5.41) is 0. The third kappa shape index (κ3) is 5.40. The third-order valence-corrected chi connectivity index (χ3v) is 5.08. The smallest absolute Gasteiger partial charge is 0.178 e. The Balaban J connectivity index is 2.48. The number of rotatable bonds is 7. The van der Waals surface area contributed by atoms with E-state index in [1.54, 1.807) is 24.3 Å². The maximum Gasteiger partial charge on any atom is 0.178 e. The molecule has 1 rings (SSSR count). The van der Waals surface area contributed by atoms with Crippen LogP contribution in [0.1, 0.15) is 25.7 Å². The fourth-order valence-electron chi connectivity index (χ4n) is 1.50. The number of hydrogen-bond acceptors (Lipinski definition) is 2. The van der Waals surface area contributed by atoms with Crippen LogP contribution in [0.5, 0.6) is 0 Å². The Morgan fingerprint density at radius 1 is 1.00 bits per heavy atom. The van der Waals surface area contributed by atoms with Gasteiger partial charge in [-0.3, -0.25) is 0 Å². The van der Waals surface area contributed by atoms with Crippen molar-refractivity contribution in [2.75, 3.05) is 11.6 Å². The molecule has 0 fully saturated rings. The highest BCUT2D eigenvalue weighted by atomic mass is 79.9. The molecule has 5 heteroatoms. The van der Waals surface area contributed by atoms with E-state index in [2.05, 4.69) is 15.9 Å². The standard InChI is InChI=1S/C12H16BrClO2S/c13-11-5-7-12(8-6-11)17(15,16)10-4-2-1-3-9-14/h5-8H,1-4,9-10H2. The molecule has 0 saturated carbocycles. The first-order chi connectivity index (χ1) is 8.06. The van der Waals surface area contributed by atoms with Crippen molar-refractivity contribution >= 4 is 37.4 Å². The number of hydrogen-bond donors (Lipinski definition) is 0. The monoisotopic (exact) mass is 338 g/mol. The number of benzene rings is 1. The van der Waals surface area contributed by atoms with Crippen molar-refractivity contribution in [3.05, 3.63) is 28.7 Å². The lowest BCUT2D eigenvalue weighted by Crippen LogP contribution is -2.06. The van der Waals surface area contributed by atoms with Gasteiger partial charge in [-0.05, 0) is 37.1 Å².